The summed E-state index contributed by atoms with van der Waals surface area (Å²) in [6.07, 6.45) is 0. The molecule has 2 rings (SSSR count). The number of rotatable bonds is 1. The topological polar surface area (TPSA) is 23.6 Å². The Morgan fingerprint density at radius 2 is 2.25 bits per heavy atom. The van der Waals surface area contributed by atoms with Crippen molar-refractivity contribution in [3.8, 4) is 0 Å². The molecule has 0 aliphatic carbocycles. The van der Waals surface area contributed by atoms with Crippen LogP contribution in [-0.4, -0.2) is 48.4 Å². The monoisotopic (exact) mass is 302 g/mol. The molecule has 5 heteroatoms. The average molecular weight is 303 g/mol. The van der Waals surface area contributed by atoms with Gasteiger partial charge in [0.25, 0.3) is 5.91 Å². The summed E-state index contributed by atoms with van der Waals surface area (Å²) in [5, 5.41) is 0. The molecule has 0 unspecified atom stereocenters. The number of hydrogen-bond donors (Lipinski definition) is 0. The number of amides is 1. The zero-order chi connectivity index (χ0) is 11.7. The second kappa shape index (κ2) is 4.85. The predicted octanol–water partition coefficient (Wildman–Crippen LogP) is 2.29. The van der Waals surface area contributed by atoms with E-state index in [1.807, 2.05) is 17.0 Å². The lowest BCUT2D eigenvalue weighted by Crippen LogP contribution is -2.52. The summed E-state index contributed by atoms with van der Waals surface area (Å²) in [4.78, 5) is 17.3. The Balaban J connectivity index is 2.10. The van der Waals surface area contributed by atoms with Gasteiger partial charge in [-0.15, -0.1) is 11.3 Å². The third kappa shape index (κ3) is 2.47. The highest BCUT2D eigenvalue weighted by Gasteiger charge is 2.27. The Kier molecular flexibility index (Phi) is 3.66. The normalized spacial score (nSPS) is 22.4. The van der Waals surface area contributed by atoms with Crippen molar-refractivity contribution >= 4 is 33.2 Å². The first kappa shape index (κ1) is 12.1. The van der Waals surface area contributed by atoms with Crippen LogP contribution in [0.2, 0.25) is 0 Å². The number of carbonyl (C=O) groups excluding carboxylic acids is 1. The second-order valence-electron chi connectivity index (χ2n) is 4.21. The molecule has 3 nitrogen and oxygen atoms in total. The molecule has 1 aromatic rings. The van der Waals surface area contributed by atoms with Gasteiger partial charge in [-0.2, -0.15) is 0 Å². The molecule has 1 atom stereocenters. The summed E-state index contributed by atoms with van der Waals surface area (Å²) < 4.78 is 1.01. The van der Waals surface area contributed by atoms with E-state index in [2.05, 4.69) is 34.8 Å². The molecular formula is C11H15BrN2OS. The highest BCUT2D eigenvalue weighted by Crippen LogP contribution is 2.24. The van der Waals surface area contributed by atoms with Gasteiger partial charge in [0.1, 0.15) is 0 Å². The van der Waals surface area contributed by atoms with Crippen LogP contribution < -0.4 is 0 Å². The molecule has 1 amide bonds. The van der Waals surface area contributed by atoms with Gasteiger partial charge in [0.2, 0.25) is 0 Å². The van der Waals surface area contributed by atoms with E-state index in [1.165, 1.54) is 11.3 Å². The molecule has 1 saturated heterocycles. The van der Waals surface area contributed by atoms with E-state index in [1.54, 1.807) is 0 Å². The van der Waals surface area contributed by atoms with Crippen LogP contribution in [0.1, 0.15) is 16.6 Å². The van der Waals surface area contributed by atoms with Crippen molar-refractivity contribution in [2.24, 2.45) is 0 Å². The first-order valence-electron chi connectivity index (χ1n) is 5.33. The summed E-state index contributed by atoms with van der Waals surface area (Å²) >= 11 is 4.89. The molecule has 1 aliphatic heterocycles. The molecule has 0 bridgehead atoms. The molecule has 16 heavy (non-hydrogen) atoms. The first-order chi connectivity index (χ1) is 7.58. The zero-order valence-corrected chi connectivity index (χ0v) is 11.8. The van der Waals surface area contributed by atoms with Crippen LogP contribution in [0.15, 0.2) is 15.9 Å². The molecule has 88 valence electrons. The van der Waals surface area contributed by atoms with Crippen molar-refractivity contribution < 1.29 is 4.79 Å². The van der Waals surface area contributed by atoms with Crippen molar-refractivity contribution in [1.29, 1.82) is 0 Å². The minimum Gasteiger partial charge on any atom is -0.333 e. The molecule has 1 aliphatic rings. The molecule has 0 radical (unpaired) electrons. The van der Waals surface area contributed by atoms with Gasteiger partial charge in [0.15, 0.2) is 0 Å². The molecule has 0 spiro atoms. The van der Waals surface area contributed by atoms with Gasteiger partial charge in [0, 0.05) is 25.7 Å². The fourth-order valence-corrected chi connectivity index (χ4v) is 3.35. The van der Waals surface area contributed by atoms with Gasteiger partial charge in [-0.25, -0.2) is 0 Å². The number of hydrogen-bond acceptors (Lipinski definition) is 3. The standard InChI is InChI=1S/C11H15BrN2OS/c1-8-7-13(2)5-6-14(8)11(15)9-3-4-10(12)16-9/h3-4,8H,5-7H2,1-2H3/t8-/m0/s1. The van der Waals surface area contributed by atoms with E-state index < -0.39 is 0 Å². The van der Waals surface area contributed by atoms with E-state index in [4.69, 9.17) is 0 Å². The fourth-order valence-electron chi connectivity index (χ4n) is 2.01. The number of thiophene rings is 1. The van der Waals surface area contributed by atoms with E-state index in [0.717, 1.165) is 28.3 Å². The molecule has 2 heterocycles. The van der Waals surface area contributed by atoms with E-state index in [0.29, 0.717) is 6.04 Å². The predicted molar refractivity (Wildman–Crippen MR) is 70.0 cm³/mol. The minimum absolute atomic E-state index is 0.163. The third-order valence-corrected chi connectivity index (χ3v) is 4.49. The summed E-state index contributed by atoms with van der Waals surface area (Å²) in [5.41, 5.74) is 0. The van der Waals surface area contributed by atoms with Crippen LogP contribution >= 0.6 is 27.3 Å². The molecule has 0 aromatic carbocycles. The van der Waals surface area contributed by atoms with Gasteiger partial charge in [-0.3, -0.25) is 4.79 Å². The van der Waals surface area contributed by atoms with Crippen LogP contribution in [0, 0.1) is 0 Å². The van der Waals surface area contributed by atoms with E-state index >= 15 is 0 Å². The van der Waals surface area contributed by atoms with E-state index in [-0.39, 0.29) is 5.91 Å². The van der Waals surface area contributed by atoms with Crippen LogP contribution in [0.5, 0.6) is 0 Å². The Bertz CT molecular complexity index is 393. The fraction of sp³-hybridized carbons (Fsp3) is 0.545. The van der Waals surface area contributed by atoms with Crippen LogP contribution in [0.4, 0.5) is 0 Å². The first-order valence-corrected chi connectivity index (χ1v) is 6.93. The van der Waals surface area contributed by atoms with Crippen molar-refractivity contribution in [3.63, 3.8) is 0 Å². The molecular weight excluding hydrogens is 288 g/mol. The molecule has 0 N–H and O–H groups in total. The Morgan fingerprint density at radius 3 is 2.81 bits per heavy atom. The van der Waals surface area contributed by atoms with Crippen molar-refractivity contribution in [2.75, 3.05) is 26.7 Å². The lowest BCUT2D eigenvalue weighted by Gasteiger charge is -2.38. The van der Waals surface area contributed by atoms with Gasteiger partial charge in [-0.05, 0) is 42.0 Å². The average Bonchev–Trinajstić information content (AvgIpc) is 2.64. The molecule has 1 fully saturated rings. The minimum atomic E-state index is 0.163. The highest BCUT2D eigenvalue weighted by molar-refractivity contribution is 9.11. The number of carbonyl (C=O) groups is 1. The van der Waals surface area contributed by atoms with Gasteiger partial charge in [-0.1, -0.05) is 0 Å². The Morgan fingerprint density at radius 1 is 1.50 bits per heavy atom. The number of nitrogens with zero attached hydrogens (tertiary/aromatic N) is 2. The van der Waals surface area contributed by atoms with Gasteiger partial charge >= 0.3 is 0 Å². The van der Waals surface area contributed by atoms with Gasteiger partial charge < -0.3 is 9.80 Å². The Labute approximate surface area is 108 Å². The maximum absolute atomic E-state index is 12.2. The summed E-state index contributed by atoms with van der Waals surface area (Å²) in [5.74, 6) is 0.163. The number of likely N-dealkylation sites (N-methyl/N-ethyl adjacent to an activating group) is 1. The highest BCUT2D eigenvalue weighted by atomic mass is 79.9. The summed E-state index contributed by atoms with van der Waals surface area (Å²) in [6.45, 7) is 4.85. The van der Waals surface area contributed by atoms with Crippen molar-refractivity contribution in [3.05, 3.63) is 20.8 Å². The summed E-state index contributed by atoms with van der Waals surface area (Å²) in [7, 11) is 2.10. The number of piperazine rings is 1. The van der Waals surface area contributed by atoms with Crippen LogP contribution in [0.25, 0.3) is 0 Å². The zero-order valence-electron chi connectivity index (χ0n) is 9.44. The molecule has 0 saturated carbocycles. The van der Waals surface area contributed by atoms with Crippen LogP contribution in [0.3, 0.4) is 0 Å². The maximum Gasteiger partial charge on any atom is 0.264 e. The lowest BCUT2D eigenvalue weighted by molar-refractivity contribution is 0.0538. The van der Waals surface area contributed by atoms with Crippen LogP contribution in [-0.2, 0) is 0 Å². The van der Waals surface area contributed by atoms with Crippen molar-refractivity contribution in [1.82, 2.24) is 9.80 Å². The number of halogens is 1. The lowest BCUT2D eigenvalue weighted by atomic mass is 10.2. The quantitative estimate of drug-likeness (QED) is 0.795. The summed E-state index contributed by atoms with van der Waals surface area (Å²) in [6, 6.07) is 4.12. The van der Waals surface area contributed by atoms with Gasteiger partial charge in [0.05, 0.1) is 8.66 Å². The largest absolute Gasteiger partial charge is 0.333 e. The smallest absolute Gasteiger partial charge is 0.264 e. The second-order valence-corrected chi connectivity index (χ2v) is 6.68. The Hall–Kier alpha value is -0.390. The van der Waals surface area contributed by atoms with Crippen molar-refractivity contribution in [2.45, 2.75) is 13.0 Å². The van der Waals surface area contributed by atoms with E-state index in [9.17, 15) is 4.79 Å². The SMILES string of the molecule is C[C@H]1CN(C)CCN1C(=O)c1ccc(Br)s1. The third-order valence-electron chi connectivity index (χ3n) is 2.88. The molecule has 1 aromatic heterocycles. The maximum atomic E-state index is 12.2.